The lowest BCUT2D eigenvalue weighted by Crippen LogP contribution is -2.47. The minimum Gasteiger partial charge on any atom is -0.492 e. The van der Waals surface area contributed by atoms with Gasteiger partial charge in [-0.1, -0.05) is 12.1 Å². The van der Waals surface area contributed by atoms with Gasteiger partial charge >= 0.3 is 0 Å². The third-order valence-electron chi connectivity index (χ3n) is 3.90. The van der Waals surface area contributed by atoms with Gasteiger partial charge in [-0.3, -0.25) is 4.79 Å². The van der Waals surface area contributed by atoms with E-state index in [0.717, 1.165) is 31.6 Å². The van der Waals surface area contributed by atoms with Crippen molar-refractivity contribution < 1.29 is 14.3 Å². The van der Waals surface area contributed by atoms with Crippen LogP contribution < -0.4 is 15.4 Å². The lowest BCUT2D eigenvalue weighted by atomic mass is 9.78. The van der Waals surface area contributed by atoms with Crippen molar-refractivity contribution >= 4 is 11.6 Å². The first-order chi connectivity index (χ1) is 10.2. The van der Waals surface area contributed by atoms with Crippen LogP contribution in [0.2, 0.25) is 0 Å². The third-order valence-corrected chi connectivity index (χ3v) is 3.90. The minimum absolute atomic E-state index is 0.0120. The number of amides is 1. The van der Waals surface area contributed by atoms with E-state index in [1.807, 2.05) is 31.2 Å². The summed E-state index contributed by atoms with van der Waals surface area (Å²) >= 11 is 0. The van der Waals surface area contributed by atoms with E-state index in [1.165, 1.54) is 0 Å². The first kappa shape index (κ1) is 15.8. The predicted molar refractivity (Wildman–Crippen MR) is 82.7 cm³/mol. The van der Waals surface area contributed by atoms with Gasteiger partial charge in [0, 0.05) is 7.11 Å². The number of ether oxygens (including phenoxy) is 2. The molecule has 5 nitrogen and oxygen atoms in total. The van der Waals surface area contributed by atoms with Gasteiger partial charge in [-0.05, 0) is 45.0 Å². The zero-order chi connectivity index (χ0) is 15.1. The van der Waals surface area contributed by atoms with Gasteiger partial charge in [-0.15, -0.1) is 0 Å². The third kappa shape index (κ3) is 3.74. The highest BCUT2D eigenvalue weighted by Crippen LogP contribution is 2.32. The van der Waals surface area contributed by atoms with E-state index in [1.54, 1.807) is 7.11 Å². The second kappa shape index (κ2) is 7.43. The van der Waals surface area contributed by atoms with E-state index in [2.05, 4.69) is 10.6 Å². The molecule has 2 N–H and O–H groups in total. The van der Waals surface area contributed by atoms with Crippen molar-refractivity contribution in [2.75, 3.05) is 38.7 Å². The van der Waals surface area contributed by atoms with E-state index < -0.39 is 5.41 Å². The molecule has 2 rings (SSSR count). The van der Waals surface area contributed by atoms with Gasteiger partial charge in [0.05, 0.1) is 24.3 Å². The normalized spacial score (nSPS) is 17.2. The summed E-state index contributed by atoms with van der Waals surface area (Å²) in [6.07, 6.45) is 1.56. The Morgan fingerprint density at radius 1 is 1.33 bits per heavy atom. The molecule has 0 unspecified atom stereocenters. The Morgan fingerprint density at radius 3 is 2.71 bits per heavy atom. The molecule has 1 amide bonds. The lowest BCUT2D eigenvalue weighted by Gasteiger charge is -2.35. The van der Waals surface area contributed by atoms with E-state index in [9.17, 15) is 4.79 Å². The average Bonchev–Trinajstić information content (AvgIpc) is 2.50. The van der Waals surface area contributed by atoms with Crippen molar-refractivity contribution in [2.24, 2.45) is 5.41 Å². The van der Waals surface area contributed by atoms with Crippen LogP contribution in [-0.2, 0) is 9.53 Å². The van der Waals surface area contributed by atoms with Crippen molar-refractivity contribution in [2.45, 2.75) is 19.8 Å². The first-order valence-corrected chi connectivity index (χ1v) is 7.45. The zero-order valence-corrected chi connectivity index (χ0v) is 12.8. The maximum absolute atomic E-state index is 12.8. The molecular weight excluding hydrogens is 268 g/mol. The second-order valence-electron chi connectivity index (χ2n) is 5.35. The number of benzene rings is 1. The van der Waals surface area contributed by atoms with Crippen LogP contribution in [0, 0.1) is 5.41 Å². The van der Waals surface area contributed by atoms with Crippen LogP contribution in [-0.4, -0.2) is 39.3 Å². The van der Waals surface area contributed by atoms with Crippen molar-refractivity contribution in [3.8, 4) is 5.75 Å². The fourth-order valence-electron chi connectivity index (χ4n) is 2.72. The van der Waals surface area contributed by atoms with Crippen molar-refractivity contribution in [1.82, 2.24) is 5.32 Å². The summed E-state index contributed by atoms with van der Waals surface area (Å²) in [5, 5.41) is 6.31. The van der Waals surface area contributed by atoms with E-state index in [-0.39, 0.29) is 5.91 Å². The number of methoxy groups -OCH3 is 1. The first-order valence-electron chi connectivity index (χ1n) is 7.45. The van der Waals surface area contributed by atoms with Crippen LogP contribution in [0.4, 0.5) is 5.69 Å². The monoisotopic (exact) mass is 292 g/mol. The van der Waals surface area contributed by atoms with Gasteiger partial charge in [0.1, 0.15) is 5.75 Å². The molecule has 0 atom stereocenters. The Labute approximate surface area is 126 Å². The number of hydrogen-bond acceptors (Lipinski definition) is 4. The SMILES string of the molecule is CCOc1ccccc1NC(=O)C1(COC)CCNCC1. The Balaban J connectivity index is 2.15. The van der Waals surface area contributed by atoms with Gasteiger partial charge in [0.15, 0.2) is 0 Å². The Bertz CT molecular complexity index is 465. The zero-order valence-electron chi connectivity index (χ0n) is 12.8. The Hall–Kier alpha value is -1.59. The lowest BCUT2D eigenvalue weighted by molar-refractivity contribution is -0.130. The van der Waals surface area contributed by atoms with Gasteiger partial charge in [-0.2, -0.15) is 0 Å². The smallest absolute Gasteiger partial charge is 0.233 e. The van der Waals surface area contributed by atoms with E-state index in [4.69, 9.17) is 9.47 Å². The van der Waals surface area contributed by atoms with Crippen molar-refractivity contribution in [3.63, 3.8) is 0 Å². The molecule has 1 aliphatic rings. The number of para-hydroxylation sites is 2. The molecular formula is C16H24N2O3. The van der Waals surface area contributed by atoms with Crippen LogP contribution >= 0.6 is 0 Å². The number of anilines is 1. The molecule has 1 aromatic carbocycles. The molecule has 1 fully saturated rings. The summed E-state index contributed by atoms with van der Waals surface area (Å²) in [7, 11) is 1.64. The van der Waals surface area contributed by atoms with Crippen LogP contribution in [0.1, 0.15) is 19.8 Å². The molecule has 5 heteroatoms. The maximum atomic E-state index is 12.8. The highest BCUT2D eigenvalue weighted by molar-refractivity contribution is 5.96. The molecule has 21 heavy (non-hydrogen) atoms. The average molecular weight is 292 g/mol. The minimum atomic E-state index is -0.459. The number of piperidine rings is 1. The molecule has 1 heterocycles. The number of hydrogen-bond donors (Lipinski definition) is 2. The Kier molecular flexibility index (Phi) is 5.59. The number of carbonyl (C=O) groups excluding carboxylic acids is 1. The summed E-state index contributed by atoms with van der Waals surface area (Å²) in [5.41, 5.74) is 0.262. The van der Waals surface area contributed by atoms with E-state index >= 15 is 0 Å². The van der Waals surface area contributed by atoms with Crippen LogP contribution in [0.25, 0.3) is 0 Å². The van der Waals surface area contributed by atoms with Crippen LogP contribution in [0.5, 0.6) is 5.75 Å². The molecule has 0 radical (unpaired) electrons. The number of rotatable bonds is 6. The summed E-state index contributed by atoms with van der Waals surface area (Å²) in [5.74, 6) is 0.716. The fraction of sp³-hybridized carbons (Fsp3) is 0.562. The largest absolute Gasteiger partial charge is 0.492 e. The summed E-state index contributed by atoms with van der Waals surface area (Å²) in [4.78, 5) is 12.8. The molecule has 1 saturated heterocycles. The molecule has 0 saturated carbocycles. The molecule has 1 aliphatic heterocycles. The van der Waals surface area contributed by atoms with Gasteiger partial charge < -0.3 is 20.1 Å². The molecule has 0 aliphatic carbocycles. The summed E-state index contributed by atoms with van der Waals surface area (Å²) in [6, 6.07) is 7.52. The van der Waals surface area contributed by atoms with Crippen molar-refractivity contribution in [1.29, 1.82) is 0 Å². The van der Waals surface area contributed by atoms with Gasteiger partial charge in [0.25, 0.3) is 0 Å². The molecule has 0 spiro atoms. The van der Waals surface area contributed by atoms with Gasteiger partial charge in [0.2, 0.25) is 5.91 Å². The standard InChI is InChI=1S/C16H24N2O3/c1-3-21-14-7-5-4-6-13(14)18-15(19)16(12-20-2)8-10-17-11-9-16/h4-7,17H,3,8-12H2,1-2H3,(H,18,19). The molecule has 0 aromatic heterocycles. The Morgan fingerprint density at radius 2 is 2.05 bits per heavy atom. The second-order valence-corrected chi connectivity index (χ2v) is 5.35. The predicted octanol–water partition coefficient (Wildman–Crippen LogP) is 2.04. The summed E-state index contributed by atoms with van der Waals surface area (Å²) < 4.78 is 10.9. The molecule has 116 valence electrons. The quantitative estimate of drug-likeness (QED) is 0.842. The maximum Gasteiger partial charge on any atom is 0.233 e. The highest BCUT2D eigenvalue weighted by atomic mass is 16.5. The summed E-state index contributed by atoms with van der Waals surface area (Å²) in [6.45, 7) is 4.61. The fourth-order valence-corrected chi connectivity index (χ4v) is 2.72. The topological polar surface area (TPSA) is 59.6 Å². The van der Waals surface area contributed by atoms with E-state index in [0.29, 0.717) is 19.0 Å². The van der Waals surface area contributed by atoms with Crippen LogP contribution in [0.3, 0.4) is 0 Å². The van der Waals surface area contributed by atoms with Crippen LogP contribution in [0.15, 0.2) is 24.3 Å². The molecule has 0 bridgehead atoms. The number of carbonyl (C=O) groups is 1. The highest BCUT2D eigenvalue weighted by Gasteiger charge is 2.39. The van der Waals surface area contributed by atoms with Gasteiger partial charge in [-0.25, -0.2) is 0 Å². The number of nitrogens with one attached hydrogen (secondary N) is 2. The molecule has 1 aromatic rings. The van der Waals surface area contributed by atoms with Crippen molar-refractivity contribution in [3.05, 3.63) is 24.3 Å².